The summed E-state index contributed by atoms with van der Waals surface area (Å²) >= 11 is 0. The summed E-state index contributed by atoms with van der Waals surface area (Å²) in [6.45, 7) is 5.48. The van der Waals surface area contributed by atoms with Gasteiger partial charge in [0.2, 0.25) is 5.91 Å². The maximum absolute atomic E-state index is 11.2. The summed E-state index contributed by atoms with van der Waals surface area (Å²) in [6.07, 6.45) is 7.31. The van der Waals surface area contributed by atoms with E-state index in [-0.39, 0.29) is 18.0 Å². The van der Waals surface area contributed by atoms with Crippen LogP contribution in [0.5, 0.6) is 0 Å². The molecule has 4 heteroatoms. The van der Waals surface area contributed by atoms with E-state index in [2.05, 4.69) is 5.32 Å². The van der Waals surface area contributed by atoms with Crippen LogP contribution in [0.2, 0.25) is 0 Å². The molecule has 0 spiro atoms. The van der Waals surface area contributed by atoms with E-state index in [1.54, 1.807) is 0 Å². The number of carbonyl (C=O) groups excluding carboxylic acids is 1. The first kappa shape index (κ1) is 15.4. The molecule has 18 heavy (non-hydrogen) atoms. The van der Waals surface area contributed by atoms with Crippen molar-refractivity contribution >= 4 is 5.91 Å². The molecule has 1 saturated carbocycles. The van der Waals surface area contributed by atoms with Crippen molar-refractivity contribution in [3.8, 4) is 0 Å². The monoisotopic (exact) mass is 256 g/mol. The van der Waals surface area contributed by atoms with Gasteiger partial charge in [-0.3, -0.25) is 4.79 Å². The standard InChI is InChI=1S/C14H28N2O2/c1-11(2)16-13(14(15)17)8-9-18-10-12-6-4-3-5-7-12/h11-13,16H,3-10H2,1-2H3,(H2,15,17). The van der Waals surface area contributed by atoms with Crippen LogP contribution >= 0.6 is 0 Å². The van der Waals surface area contributed by atoms with Gasteiger partial charge in [-0.2, -0.15) is 0 Å². The first-order valence-electron chi connectivity index (χ1n) is 7.22. The second-order valence-electron chi connectivity index (χ2n) is 5.64. The fraction of sp³-hybridized carbons (Fsp3) is 0.929. The van der Waals surface area contributed by atoms with Crippen molar-refractivity contribution in [2.75, 3.05) is 13.2 Å². The molecule has 0 heterocycles. The number of primary amides is 1. The Kier molecular flexibility index (Phi) is 7.28. The largest absolute Gasteiger partial charge is 0.381 e. The third-order valence-electron chi connectivity index (χ3n) is 3.51. The highest BCUT2D eigenvalue weighted by atomic mass is 16.5. The van der Waals surface area contributed by atoms with E-state index in [1.165, 1.54) is 32.1 Å². The highest BCUT2D eigenvalue weighted by Gasteiger charge is 2.17. The van der Waals surface area contributed by atoms with Crippen LogP contribution in [0.15, 0.2) is 0 Å². The van der Waals surface area contributed by atoms with Crippen LogP contribution in [0, 0.1) is 5.92 Å². The molecule has 1 amide bonds. The summed E-state index contributed by atoms with van der Waals surface area (Å²) in [6, 6.07) is -0.00259. The van der Waals surface area contributed by atoms with Gasteiger partial charge in [0.1, 0.15) is 0 Å². The number of rotatable bonds is 8. The fourth-order valence-corrected chi connectivity index (χ4v) is 2.52. The molecule has 1 unspecified atom stereocenters. The van der Waals surface area contributed by atoms with Gasteiger partial charge < -0.3 is 15.8 Å². The lowest BCUT2D eigenvalue weighted by molar-refractivity contribution is -0.120. The SMILES string of the molecule is CC(C)NC(CCOCC1CCCCC1)C(N)=O. The zero-order valence-corrected chi connectivity index (χ0v) is 11.8. The molecule has 1 aliphatic rings. The van der Waals surface area contributed by atoms with Crippen LogP contribution < -0.4 is 11.1 Å². The van der Waals surface area contributed by atoms with Crippen molar-refractivity contribution in [1.29, 1.82) is 0 Å². The van der Waals surface area contributed by atoms with Gasteiger partial charge in [-0.15, -0.1) is 0 Å². The molecule has 1 fully saturated rings. The summed E-state index contributed by atoms with van der Waals surface area (Å²) < 4.78 is 5.69. The Hall–Kier alpha value is -0.610. The second kappa shape index (κ2) is 8.48. The number of nitrogens with one attached hydrogen (secondary N) is 1. The third kappa shape index (κ3) is 6.36. The Balaban J connectivity index is 2.12. The van der Waals surface area contributed by atoms with E-state index < -0.39 is 0 Å². The van der Waals surface area contributed by atoms with Gasteiger partial charge in [-0.05, 0) is 25.2 Å². The van der Waals surface area contributed by atoms with Crippen LogP contribution in [0.3, 0.4) is 0 Å². The number of hydrogen-bond acceptors (Lipinski definition) is 3. The number of nitrogens with two attached hydrogens (primary N) is 1. The summed E-state index contributed by atoms with van der Waals surface area (Å²) in [7, 11) is 0. The fourth-order valence-electron chi connectivity index (χ4n) is 2.52. The molecule has 1 atom stereocenters. The van der Waals surface area contributed by atoms with E-state index in [4.69, 9.17) is 10.5 Å². The van der Waals surface area contributed by atoms with Crippen LogP contribution in [-0.4, -0.2) is 31.2 Å². The van der Waals surface area contributed by atoms with Gasteiger partial charge in [0, 0.05) is 19.3 Å². The molecule has 1 aliphatic carbocycles. The molecule has 0 aliphatic heterocycles. The lowest BCUT2D eigenvalue weighted by atomic mass is 9.90. The highest BCUT2D eigenvalue weighted by Crippen LogP contribution is 2.23. The Morgan fingerprint density at radius 1 is 1.33 bits per heavy atom. The maximum Gasteiger partial charge on any atom is 0.234 e. The molecule has 0 aromatic carbocycles. The predicted octanol–water partition coefficient (Wildman–Crippen LogP) is 1.83. The summed E-state index contributed by atoms with van der Waals surface area (Å²) in [5, 5.41) is 3.16. The van der Waals surface area contributed by atoms with Crippen molar-refractivity contribution < 1.29 is 9.53 Å². The van der Waals surface area contributed by atoms with Crippen molar-refractivity contribution in [2.24, 2.45) is 11.7 Å². The lowest BCUT2D eigenvalue weighted by Gasteiger charge is -2.22. The highest BCUT2D eigenvalue weighted by molar-refractivity contribution is 5.79. The van der Waals surface area contributed by atoms with E-state index >= 15 is 0 Å². The quantitative estimate of drug-likeness (QED) is 0.651. The third-order valence-corrected chi connectivity index (χ3v) is 3.51. The normalized spacial score (nSPS) is 19.1. The minimum absolute atomic E-state index is 0.265. The lowest BCUT2D eigenvalue weighted by Crippen LogP contribution is -2.45. The van der Waals surface area contributed by atoms with E-state index in [9.17, 15) is 4.79 Å². The van der Waals surface area contributed by atoms with Gasteiger partial charge in [-0.25, -0.2) is 0 Å². The molecule has 0 radical (unpaired) electrons. The molecule has 0 saturated heterocycles. The van der Waals surface area contributed by atoms with Crippen LogP contribution in [-0.2, 0) is 9.53 Å². The molecule has 4 nitrogen and oxygen atoms in total. The Labute approximate surface area is 111 Å². The average Bonchev–Trinajstić information content (AvgIpc) is 2.33. The first-order valence-corrected chi connectivity index (χ1v) is 7.22. The smallest absolute Gasteiger partial charge is 0.234 e. The van der Waals surface area contributed by atoms with Crippen molar-refractivity contribution in [1.82, 2.24) is 5.32 Å². The Morgan fingerprint density at radius 2 is 2.00 bits per heavy atom. The minimum Gasteiger partial charge on any atom is -0.381 e. The van der Waals surface area contributed by atoms with Gasteiger partial charge >= 0.3 is 0 Å². The second-order valence-corrected chi connectivity index (χ2v) is 5.64. The van der Waals surface area contributed by atoms with Crippen molar-refractivity contribution in [2.45, 2.75) is 64.5 Å². The van der Waals surface area contributed by atoms with Crippen LogP contribution in [0.4, 0.5) is 0 Å². The van der Waals surface area contributed by atoms with E-state index in [1.807, 2.05) is 13.8 Å². The number of ether oxygens (including phenoxy) is 1. The van der Waals surface area contributed by atoms with E-state index in [0.29, 0.717) is 13.0 Å². The molecule has 3 N–H and O–H groups in total. The summed E-state index contributed by atoms with van der Waals surface area (Å²) in [5.41, 5.74) is 5.35. The van der Waals surface area contributed by atoms with Gasteiger partial charge in [0.15, 0.2) is 0 Å². The number of amides is 1. The van der Waals surface area contributed by atoms with Gasteiger partial charge in [0.25, 0.3) is 0 Å². The number of hydrogen-bond donors (Lipinski definition) is 2. The maximum atomic E-state index is 11.2. The van der Waals surface area contributed by atoms with Crippen molar-refractivity contribution in [3.05, 3.63) is 0 Å². The molecule has 0 aromatic heterocycles. The molecule has 1 rings (SSSR count). The Morgan fingerprint density at radius 3 is 2.56 bits per heavy atom. The van der Waals surface area contributed by atoms with E-state index in [0.717, 1.165) is 12.5 Å². The number of carbonyl (C=O) groups is 1. The topological polar surface area (TPSA) is 64.3 Å². The molecule has 0 aromatic rings. The van der Waals surface area contributed by atoms with Gasteiger partial charge in [-0.1, -0.05) is 33.1 Å². The average molecular weight is 256 g/mol. The first-order chi connectivity index (χ1) is 8.59. The van der Waals surface area contributed by atoms with Crippen LogP contribution in [0.1, 0.15) is 52.4 Å². The predicted molar refractivity (Wildman–Crippen MR) is 73.3 cm³/mol. The minimum atomic E-state index is -0.287. The molecule has 106 valence electrons. The zero-order valence-electron chi connectivity index (χ0n) is 11.8. The summed E-state index contributed by atoms with van der Waals surface area (Å²) in [5.74, 6) is 0.439. The zero-order chi connectivity index (χ0) is 13.4. The van der Waals surface area contributed by atoms with Crippen molar-refractivity contribution in [3.63, 3.8) is 0 Å². The molecule has 0 bridgehead atoms. The summed E-state index contributed by atoms with van der Waals surface area (Å²) in [4.78, 5) is 11.2. The molecular weight excluding hydrogens is 228 g/mol. The van der Waals surface area contributed by atoms with Crippen LogP contribution in [0.25, 0.3) is 0 Å². The molecular formula is C14H28N2O2. The Bertz CT molecular complexity index is 238. The van der Waals surface area contributed by atoms with Gasteiger partial charge in [0.05, 0.1) is 6.04 Å².